The number of fused-ring (bicyclic) bond motifs is 1. The average molecular weight is 361 g/mol. The fourth-order valence-corrected chi connectivity index (χ4v) is 2.48. The van der Waals surface area contributed by atoms with Gasteiger partial charge in [0.2, 0.25) is 5.76 Å². The van der Waals surface area contributed by atoms with Crippen LogP contribution in [0.1, 0.15) is 16.1 Å². The summed E-state index contributed by atoms with van der Waals surface area (Å²) in [5.74, 6) is -0.450. The summed E-state index contributed by atoms with van der Waals surface area (Å²) in [5, 5.41) is 3.20. The molecule has 0 aliphatic carbocycles. The van der Waals surface area contributed by atoms with Gasteiger partial charge in [-0.05, 0) is 52.7 Å². The average Bonchev–Trinajstić information content (AvgIpc) is 2.85. The largest absolute Gasteiger partial charge is 0.463 e. The monoisotopic (exact) mass is 360 g/mol. The third kappa shape index (κ3) is 2.69. The first kappa shape index (κ1) is 14.6. The number of methoxy groups -OCH3 is 1. The number of carbonyl (C=O) groups excluding carboxylic acids is 1. The molecule has 0 fully saturated rings. The van der Waals surface area contributed by atoms with Gasteiger partial charge in [-0.1, -0.05) is 12.1 Å². The number of ether oxygens (including phenoxy) is 1. The number of rotatable bonds is 3. The zero-order valence-electron chi connectivity index (χ0n) is 12.0. The van der Waals surface area contributed by atoms with Crippen LogP contribution in [0.3, 0.4) is 0 Å². The van der Waals surface area contributed by atoms with Crippen molar-refractivity contribution in [3.05, 3.63) is 52.3 Å². The molecule has 0 amide bonds. The first-order valence-corrected chi connectivity index (χ1v) is 7.39. The van der Waals surface area contributed by atoms with E-state index in [1.165, 1.54) is 7.11 Å². The third-order valence-corrected chi connectivity index (χ3v) is 3.60. The maximum absolute atomic E-state index is 12.0. The SMILES string of the molecule is COC(=O)c1oc2ccc(Br)nc2c1Nc1cccc(C)c1. The van der Waals surface area contributed by atoms with E-state index in [1.54, 1.807) is 12.1 Å². The number of esters is 1. The highest BCUT2D eigenvalue weighted by atomic mass is 79.9. The number of carbonyl (C=O) groups is 1. The van der Waals surface area contributed by atoms with E-state index in [9.17, 15) is 4.79 Å². The number of halogens is 1. The Kier molecular flexibility index (Phi) is 3.85. The molecule has 0 unspecified atom stereocenters. The molecule has 2 heterocycles. The lowest BCUT2D eigenvalue weighted by atomic mass is 10.2. The van der Waals surface area contributed by atoms with Gasteiger partial charge in [-0.25, -0.2) is 9.78 Å². The molecular weight excluding hydrogens is 348 g/mol. The smallest absolute Gasteiger partial charge is 0.376 e. The van der Waals surface area contributed by atoms with Crippen LogP contribution in [0.4, 0.5) is 11.4 Å². The molecule has 0 radical (unpaired) electrons. The molecule has 1 aromatic carbocycles. The number of aryl methyl sites for hydroxylation is 1. The van der Waals surface area contributed by atoms with Gasteiger partial charge >= 0.3 is 5.97 Å². The van der Waals surface area contributed by atoms with Crippen LogP contribution in [0.15, 0.2) is 45.4 Å². The van der Waals surface area contributed by atoms with Gasteiger partial charge in [0, 0.05) is 5.69 Å². The Bertz CT molecular complexity index is 858. The Hall–Kier alpha value is -2.34. The van der Waals surface area contributed by atoms with Gasteiger partial charge in [-0.3, -0.25) is 0 Å². The van der Waals surface area contributed by atoms with Crippen molar-refractivity contribution in [2.75, 3.05) is 12.4 Å². The topological polar surface area (TPSA) is 64.4 Å². The van der Waals surface area contributed by atoms with E-state index in [4.69, 9.17) is 9.15 Å². The number of hydrogen-bond donors (Lipinski definition) is 1. The standard InChI is InChI=1S/C16H13BrN2O3/c1-9-4-3-5-10(8-9)18-14-13-11(6-7-12(17)19-13)22-15(14)16(20)21-2/h3-8,18H,1-2H3. The van der Waals surface area contributed by atoms with Crippen molar-refractivity contribution >= 4 is 44.4 Å². The van der Waals surface area contributed by atoms with Crippen LogP contribution in [-0.4, -0.2) is 18.1 Å². The molecule has 0 saturated heterocycles. The van der Waals surface area contributed by atoms with Gasteiger partial charge in [0.05, 0.1) is 7.11 Å². The Labute approximate surface area is 135 Å². The van der Waals surface area contributed by atoms with Gasteiger partial charge in [-0.2, -0.15) is 0 Å². The third-order valence-electron chi connectivity index (χ3n) is 3.16. The van der Waals surface area contributed by atoms with Gasteiger partial charge in [0.15, 0.2) is 5.58 Å². The second-order valence-electron chi connectivity index (χ2n) is 4.77. The Morgan fingerprint density at radius 1 is 1.32 bits per heavy atom. The molecule has 1 N–H and O–H groups in total. The summed E-state index contributed by atoms with van der Waals surface area (Å²) < 4.78 is 11.0. The maximum atomic E-state index is 12.0. The number of aromatic nitrogens is 1. The van der Waals surface area contributed by atoms with Crippen molar-refractivity contribution in [1.29, 1.82) is 0 Å². The Morgan fingerprint density at radius 2 is 2.14 bits per heavy atom. The summed E-state index contributed by atoms with van der Waals surface area (Å²) in [7, 11) is 1.31. The molecule has 0 bridgehead atoms. The normalized spacial score (nSPS) is 10.7. The van der Waals surface area contributed by atoms with Crippen molar-refractivity contribution in [2.45, 2.75) is 6.92 Å². The highest BCUT2D eigenvalue weighted by Gasteiger charge is 2.22. The number of pyridine rings is 1. The minimum Gasteiger partial charge on any atom is -0.463 e. The minimum atomic E-state index is -0.552. The Morgan fingerprint density at radius 3 is 2.86 bits per heavy atom. The second kappa shape index (κ2) is 5.81. The molecule has 3 aromatic rings. The van der Waals surface area contributed by atoms with Gasteiger partial charge in [-0.15, -0.1) is 0 Å². The van der Waals surface area contributed by atoms with Gasteiger partial charge in [0.25, 0.3) is 0 Å². The van der Waals surface area contributed by atoms with E-state index < -0.39 is 5.97 Å². The second-order valence-corrected chi connectivity index (χ2v) is 5.59. The van der Waals surface area contributed by atoms with Crippen molar-refractivity contribution < 1.29 is 13.9 Å². The molecule has 0 aliphatic rings. The summed E-state index contributed by atoms with van der Waals surface area (Å²) in [6, 6.07) is 11.3. The number of furan rings is 1. The van der Waals surface area contributed by atoms with Crippen LogP contribution in [0, 0.1) is 6.92 Å². The van der Waals surface area contributed by atoms with Crippen molar-refractivity contribution in [3.63, 3.8) is 0 Å². The molecule has 5 nitrogen and oxygen atoms in total. The van der Waals surface area contributed by atoms with Crippen LogP contribution < -0.4 is 5.32 Å². The minimum absolute atomic E-state index is 0.101. The molecule has 6 heteroatoms. The predicted octanol–water partition coefficient (Wildman–Crippen LogP) is 4.43. The summed E-state index contributed by atoms with van der Waals surface area (Å²) in [5.41, 5.74) is 3.52. The van der Waals surface area contributed by atoms with E-state index >= 15 is 0 Å². The number of anilines is 2. The van der Waals surface area contributed by atoms with Crippen molar-refractivity contribution in [3.8, 4) is 0 Å². The van der Waals surface area contributed by atoms with E-state index in [-0.39, 0.29) is 5.76 Å². The lowest BCUT2D eigenvalue weighted by Crippen LogP contribution is -2.03. The lowest BCUT2D eigenvalue weighted by molar-refractivity contribution is 0.0569. The lowest BCUT2D eigenvalue weighted by Gasteiger charge is -2.07. The van der Waals surface area contributed by atoms with E-state index in [0.717, 1.165) is 11.3 Å². The van der Waals surface area contributed by atoms with E-state index in [2.05, 4.69) is 26.2 Å². The van der Waals surface area contributed by atoms with Crippen LogP contribution >= 0.6 is 15.9 Å². The number of nitrogens with one attached hydrogen (secondary N) is 1. The molecule has 2 aromatic heterocycles. The molecule has 112 valence electrons. The van der Waals surface area contributed by atoms with Crippen LogP contribution in [0.5, 0.6) is 0 Å². The van der Waals surface area contributed by atoms with Crippen LogP contribution in [0.2, 0.25) is 0 Å². The van der Waals surface area contributed by atoms with E-state index in [1.807, 2.05) is 31.2 Å². The zero-order valence-corrected chi connectivity index (χ0v) is 13.6. The molecular formula is C16H13BrN2O3. The Balaban J connectivity index is 2.16. The van der Waals surface area contributed by atoms with Crippen molar-refractivity contribution in [2.24, 2.45) is 0 Å². The number of hydrogen-bond acceptors (Lipinski definition) is 5. The van der Waals surface area contributed by atoms with Gasteiger partial charge < -0.3 is 14.5 Å². The van der Waals surface area contributed by atoms with Gasteiger partial charge in [0.1, 0.15) is 15.8 Å². The highest BCUT2D eigenvalue weighted by Crippen LogP contribution is 2.33. The predicted molar refractivity (Wildman–Crippen MR) is 87.5 cm³/mol. The molecule has 0 spiro atoms. The summed E-state index contributed by atoms with van der Waals surface area (Å²) >= 11 is 3.33. The quantitative estimate of drug-likeness (QED) is 0.552. The molecule has 22 heavy (non-hydrogen) atoms. The van der Waals surface area contributed by atoms with E-state index in [0.29, 0.717) is 21.4 Å². The summed E-state index contributed by atoms with van der Waals surface area (Å²) in [4.78, 5) is 16.3. The molecule has 3 rings (SSSR count). The van der Waals surface area contributed by atoms with Crippen LogP contribution in [-0.2, 0) is 4.74 Å². The summed E-state index contributed by atoms with van der Waals surface area (Å²) in [6.07, 6.45) is 0. The fraction of sp³-hybridized carbons (Fsp3) is 0.125. The molecule has 0 aliphatic heterocycles. The van der Waals surface area contributed by atoms with Crippen molar-refractivity contribution in [1.82, 2.24) is 4.98 Å². The number of nitrogens with zero attached hydrogens (tertiary/aromatic N) is 1. The first-order valence-electron chi connectivity index (χ1n) is 6.59. The highest BCUT2D eigenvalue weighted by molar-refractivity contribution is 9.10. The maximum Gasteiger partial charge on any atom is 0.376 e. The van der Waals surface area contributed by atoms with Crippen LogP contribution in [0.25, 0.3) is 11.1 Å². The fourth-order valence-electron chi connectivity index (χ4n) is 2.17. The summed E-state index contributed by atoms with van der Waals surface area (Å²) in [6.45, 7) is 1.99. The molecule has 0 saturated carbocycles. The number of benzene rings is 1. The first-order chi connectivity index (χ1) is 10.6. The zero-order chi connectivity index (χ0) is 15.7. The molecule has 0 atom stereocenters.